The zero-order valence-corrected chi connectivity index (χ0v) is 16.0. The molecule has 0 saturated heterocycles. The highest BCUT2D eigenvalue weighted by molar-refractivity contribution is 6.05. The second-order valence-electron chi connectivity index (χ2n) is 9.01. The molecule has 0 radical (unpaired) electrons. The van der Waals surface area contributed by atoms with Gasteiger partial charge < -0.3 is 4.74 Å². The van der Waals surface area contributed by atoms with Crippen molar-refractivity contribution in [2.45, 2.75) is 52.6 Å². The molecule has 0 aromatic rings. The van der Waals surface area contributed by atoms with Gasteiger partial charge in [-0.05, 0) is 62.0 Å². The van der Waals surface area contributed by atoms with Crippen LogP contribution in [0.25, 0.3) is 0 Å². The lowest BCUT2D eigenvalue weighted by atomic mass is 9.46. The molecule has 0 aromatic carbocycles. The Morgan fingerprint density at radius 2 is 1.96 bits per heavy atom. The topological polar surface area (TPSA) is 43.4 Å². The molecule has 0 N–H and O–H groups in total. The van der Waals surface area contributed by atoms with Gasteiger partial charge in [-0.1, -0.05) is 26.0 Å². The molecule has 0 unspecified atom stereocenters. The Labute approximate surface area is 154 Å². The Bertz CT molecular complexity index is 791. The maximum Gasteiger partial charge on any atom is 0.220 e. The van der Waals surface area contributed by atoms with Crippen LogP contribution in [0.1, 0.15) is 46.5 Å². The van der Waals surface area contributed by atoms with Gasteiger partial charge in [0.15, 0.2) is 17.7 Å². The molecule has 3 saturated carbocycles. The number of alkyl halides is 1. The van der Waals surface area contributed by atoms with Gasteiger partial charge in [-0.15, -0.1) is 0 Å². The maximum absolute atomic E-state index is 14.3. The van der Waals surface area contributed by atoms with E-state index in [4.69, 9.17) is 4.74 Å². The van der Waals surface area contributed by atoms with Crippen LogP contribution in [-0.2, 0) is 14.3 Å². The number of hydrogen-bond acceptors (Lipinski definition) is 3. The van der Waals surface area contributed by atoms with E-state index in [1.54, 1.807) is 6.08 Å². The van der Waals surface area contributed by atoms with Gasteiger partial charge in [0, 0.05) is 16.4 Å². The van der Waals surface area contributed by atoms with Crippen LogP contribution in [0.3, 0.4) is 0 Å². The number of allylic oxidation sites excluding steroid dienone is 4. The molecule has 4 aliphatic rings. The summed E-state index contributed by atoms with van der Waals surface area (Å²) < 4.78 is 19.8. The number of halogens is 1. The molecule has 0 heterocycles. The SMILES string of the molecule is C=C1C[C@@H]2[C@H](CC[C@]3(C)C(=O)[C@@H](F)C[C@@H]23)[C@@]2(C)C(C)=CC(=O)C(OC)=C12. The summed E-state index contributed by atoms with van der Waals surface area (Å²) in [4.78, 5) is 25.0. The quantitative estimate of drug-likeness (QED) is 0.700. The van der Waals surface area contributed by atoms with E-state index in [1.165, 1.54) is 7.11 Å². The van der Waals surface area contributed by atoms with Crippen LogP contribution in [0.5, 0.6) is 0 Å². The minimum atomic E-state index is -1.33. The van der Waals surface area contributed by atoms with E-state index in [-0.39, 0.29) is 34.7 Å². The van der Waals surface area contributed by atoms with Gasteiger partial charge in [0.25, 0.3) is 0 Å². The van der Waals surface area contributed by atoms with E-state index in [0.29, 0.717) is 18.6 Å². The summed E-state index contributed by atoms with van der Waals surface area (Å²) in [6.07, 6.45) is 2.97. The second-order valence-corrected chi connectivity index (χ2v) is 9.01. The minimum absolute atomic E-state index is 0.0512. The molecule has 4 heteroatoms. The molecule has 3 fully saturated rings. The van der Waals surface area contributed by atoms with Crippen molar-refractivity contribution in [1.29, 1.82) is 0 Å². The number of rotatable bonds is 1. The van der Waals surface area contributed by atoms with Crippen molar-refractivity contribution in [3.8, 4) is 0 Å². The van der Waals surface area contributed by atoms with Crippen LogP contribution in [0.4, 0.5) is 4.39 Å². The number of methoxy groups -OCH3 is 1. The number of Topliss-reactive ketones (excluding diaryl/α,β-unsaturated/α-hetero) is 1. The molecule has 140 valence electrons. The molecule has 4 rings (SSSR count). The fourth-order valence-corrected chi connectivity index (χ4v) is 6.60. The second kappa shape index (κ2) is 5.40. The molecule has 0 spiro atoms. The Hall–Kier alpha value is -1.71. The first kappa shape index (κ1) is 17.7. The number of hydrogen-bond donors (Lipinski definition) is 0. The zero-order chi connectivity index (χ0) is 19.0. The van der Waals surface area contributed by atoms with Gasteiger partial charge in [-0.3, -0.25) is 9.59 Å². The molecular formula is C22H27FO3. The van der Waals surface area contributed by atoms with Gasteiger partial charge in [-0.25, -0.2) is 4.39 Å². The van der Waals surface area contributed by atoms with Crippen molar-refractivity contribution in [1.82, 2.24) is 0 Å². The summed E-state index contributed by atoms with van der Waals surface area (Å²) in [6.45, 7) is 10.4. The van der Waals surface area contributed by atoms with Crippen LogP contribution < -0.4 is 0 Å². The summed E-state index contributed by atoms with van der Waals surface area (Å²) in [5, 5.41) is 0. The number of ether oxygens (including phenoxy) is 1. The third kappa shape index (κ3) is 1.93. The lowest BCUT2D eigenvalue weighted by molar-refractivity contribution is -0.134. The summed E-state index contributed by atoms with van der Waals surface area (Å²) in [7, 11) is 1.54. The number of ketones is 2. The number of carbonyl (C=O) groups excluding carboxylic acids is 2. The average Bonchev–Trinajstić information content (AvgIpc) is 2.81. The first-order valence-electron chi connectivity index (χ1n) is 9.54. The number of carbonyl (C=O) groups is 2. The molecule has 3 nitrogen and oxygen atoms in total. The van der Waals surface area contributed by atoms with Gasteiger partial charge in [0.2, 0.25) is 5.78 Å². The largest absolute Gasteiger partial charge is 0.492 e. The van der Waals surface area contributed by atoms with E-state index in [0.717, 1.165) is 29.6 Å². The third-order valence-electron chi connectivity index (χ3n) is 8.05. The van der Waals surface area contributed by atoms with E-state index < -0.39 is 11.6 Å². The van der Waals surface area contributed by atoms with Crippen molar-refractivity contribution in [2.24, 2.45) is 28.6 Å². The van der Waals surface area contributed by atoms with Crippen molar-refractivity contribution in [3.05, 3.63) is 35.1 Å². The highest BCUT2D eigenvalue weighted by Crippen LogP contribution is 2.66. The summed E-state index contributed by atoms with van der Waals surface area (Å²) in [5.41, 5.74) is 1.98. The van der Waals surface area contributed by atoms with Gasteiger partial charge in [-0.2, -0.15) is 0 Å². The molecular weight excluding hydrogens is 331 g/mol. The molecule has 26 heavy (non-hydrogen) atoms. The highest BCUT2D eigenvalue weighted by Gasteiger charge is 2.63. The van der Waals surface area contributed by atoms with Gasteiger partial charge >= 0.3 is 0 Å². The first-order chi connectivity index (χ1) is 12.2. The number of fused-ring (bicyclic) bond motifs is 5. The summed E-state index contributed by atoms with van der Waals surface area (Å²) in [5.74, 6) is 0.637. The Kier molecular flexibility index (Phi) is 3.67. The Morgan fingerprint density at radius 3 is 2.62 bits per heavy atom. The standard InChI is InChI=1S/C22H27FO3/c1-11-8-13-14(6-7-21(3)15(13)10-16(23)20(21)25)22(4)12(2)9-17(24)19(26-5)18(11)22/h9,13-16H,1,6-8,10H2,2-5H3/t13-,14+,15+,16+,21+,22-/m1/s1. The Morgan fingerprint density at radius 1 is 1.27 bits per heavy atom. The van der Waals surface area contributed by atoms with Crippen LogP contribution in [0.2, 0.25) is 0 Å². The van der Waals surface area contributed by atoms with Crippen molar-refractivity contribution < 1.29 is 18.7 Å². The van der Waals surface area contributed by atoms with E-state index >= 15 is 0 Å². The summed E-state index contributed by atoms with van der Waals surface area (Å²) >= 11 is 0. The summed E-state index contributed by atoms with van der Waals surface area (Å²) in [6, 6.07) is 0. The lowest BCUT2D eigenvalue weighted by Gasteiger charge is -2.57. The van der Waals surface area contributed by atoms with Crippen molar-refractivity contribution >= 4 is 11.6 Å². The normalized spacial score (nSPS) is 45.1. The van der Waals surface area contributed by atoms with Crippen LogP contribution in [0.15, 0.2) is 35.1 Å². The smallest absolute Gasteiger partial charge is 0.220 e. The predicted molar refractivity (Wildman–Crippen MR) is 97.0 cm³/mol. The molecule has 0 aromatic heterocycles. The van der Waals surface area contributed by atoms with Crippen LogP contribution >= 0.6 is 0 Å². The third-order valence-corrected chi connectivity index (χ3v) is 8.05. The molecule has 0 bridgehead atoms. The van der Waals surface area contributed by atoms with Gasteiger partial charge in [0.1, 0.15) is 0 Å². The lowest BCUT2D eigenvalue weighted by Crippen LogP contribution is -2.51. The monoisotopic (exact) mass is 358 g/mol. The Balaban J connectivity index is 1.84. The minimum Gasteiger partial charge on any atom is -0.492 e. The molecule has 0 amide bonds. The van der Waals surface area contributed by atoms with Gasteiger partial charge in [0.05, 0.1) is 7.11 Å². The maximum atomic E-state index is 14.3. The van der Waals surface area contributed by atoms with E-state index in [2.05, 4.69) is 13.5 Å². The van der Waals surface area contributed by atoms with Crippen molar-refractivity contribution in [3.63, 3.8) is 0 Å². The predicted octanol–water partition coefficient (Wildman–Crippen LogP) is 4.34. The average molecular weight is 358 g/mol. The fraction of sp³-hybridized carbons (Fsp3) is 0.636. The zero-order valence-electron chi connectivity index (χ0n) is 16.0. The molecule has 6 atom stereocenters. The first-order valence-corrected chi connectivity index (χ1v) is 9.54. The van der Waals surface area contributed by atoms with Crippen LogP contribution in [-0.4, -0.2) is 24.8 Å². The van der Waals surface area contributed by atoms with Crippen molar-refractivity contribution in [2.75, 3.05) is 7.11 Å². The molecule has 0 aliphatic heterocycles. The molecule has 4 aliphatic carbocycles. The fourth-order valence-electron chi connectivity index (χ4n) is 6.60. The highest BCUT2D eigenvalue weighted by atomic mass is 19.1. The van der Waals surface area contributed by atoms with E-state index in [1.807, 2.05) is 13.8 Å². The van der Waals surface area contributed by atoms with E-state index in [9.17, 15) is 14.0 Å². The van der Waals surface area contributed by atoms with Crippen LogP contribution in [0, 0.1) is 28.6 Å².